The van der Waals surface area contributed by atoms with Gasteiger partial charge in [0.05, 0.1) is 6.04 Å². The molecule has 2 aliphatic carbocycles. The SMILES string of the molecule is CC1CC1c1ccc(C2C(N)CCN2C2CC2)o1. The van der Waals surface area contributed by atoms with Crippen molar-refractivity contribution < 1.29 is 4.42 Å². The molecule has 4 rings (SSSR count). The van der Waals surface area contributed by atoms with Gasteiger partial charge in [-0.1, -0.05) is 6.92 Å². The van der Waals surface area contributed by atoms with Crippen LogP contribution in [0.15, 0.2) is 16.5 Å². The summed E-state index contributed by atoms with van der Waals surface area (Å²) < 4.78 is 6.12. The van der Waals surface area contributed by atoms with Crippen molar-refractivity contribution in [1.29, 1.82) is 0 Å². The average Bonchev–Trinajstić information content (AvgIpc) is 3.23. The predicted molar refractivity (Wildman–Crippen MR) is 70.3 cm³/mol. The van der Waals surface area contributed by atoms with E-state index in [1.54, 1.807) is 0 Å². The lowest BCUT2D eigenvalue weighted by Crippen LogP contribution is -2.32. The lowest BCUT2D eigenvalue weighted by atomic mass is 10.1. The van der Waals surface area contributed by atoms with Gasteiger partial charge in [-0.25, -0.2) is 0 Å². The molecular formula is C15H22N2O. The standard InChI is InChI=1S/C15H22N2O/c1-9-8-11(9)13-4-5-14(18-13)15-12(16)6-7-17(15)10-2-3-10/h4-5,9-12,15H,2-3,6-8,16H2,1H3. The first-order valence-electron chi connectivity index (χ1n) is 7.35. The maximum atomic E-state index is 6.29. The van der Waals surface area contributed by atoms with E-state index in [0.29, 0.717) is 12.0 Å². The topological polar surface area (TPSA) is 42.4 Å². The van der Waals surface area contributed by atoms with Crippen LogP contribution >= 0.6 is 0 Å². The van der Waals surface area contributed by atoms with Gasteiger partial charge < -0.3 is 10.2 Å². The van der Waals surface area contributed by atoms with E-state index in [9.17, 15) is 0 Å². The van der Waals surface area contributed by atoms with Gasteiger partial charge in [-0.3, -0.25) is 4.90 Å². The van der Waals surface area contributed by atoms with Gasteiger partial charge in [0, 0.05) is 24.5 Å². The third-order valence-electron chi connectivity index (χ3n) is 4.91. The van der Waals surface area contributed by atoms with Crippen molar-refractivity contribution in [2.24, 2.45) is 11.7 Å². The molecule has 2 saturated carbocycles. The molecule has 3 nitrogen and oxygen atoms in total. The summed E-state index contributed by atoms with van der Waals surface area (Å²) in [5.74, 6) is 3.78. The first-order chi connectivity index (χ1) is 8.74. The molecule has 0 aromatic carbocycles. The summed E-state index contributed by atoms with van der Waals surface area (Å²) in [5.41, 5.74) is 6.29. The Morgan fingerprint density at radius 3 is 2.61 bits per heavy atom. The third kappa shape index (κ3) is 1.72. The Kier molecular flexibility index (Phi) is 2.36. The molecule has 2 heterocycles. The van der Waals surface area contributed by atoms with Gasteiger partial charge in [0.1, 0.15) is 11.5 Å². The molecular weight excluding hydrogens is 224 g/mol. The quantitative estimate of drug-likeness (QED) is 0.891. The Hall–Kier alpha value is -0.800. The van der Waals surface area contributed by atoms with E-state index in [2.05, 4.69) is 24.0 Å². The summed E-state index contributed by atoms with van der Waals surface area (Å²) in [7, 11) is 0. The van der Waals surface area contributed by atoms with Gasteiger partial charge in [0.2, 0.25) is 0 Å². The molecule has 1 saturated heterocycles. The minimum absolute atomic E-state index is 0.251. The van der Waals surface area contributed by atoms with Gasteiger partial charge in [-0.15, -0.1) is 0 Å². The van der Waals surface area contributed by atoms with Crippen molar-refractivity contribution in [3.63, 3.8) is 0 Å². The van der Waals surface area contributed by atoms with Crippen molar-refractivity contribution in [1.82, 2.24) is 4.90 Å². The molecule has 0 radical (unpaired) electrons. The summed E-state index contributed by atoms with van der Waals surface area (Å²) in [6.45, 7) is 3.44. The predicted octanol–water partition coefficient (Wildman–Crippen LogP) is 2.64. The van der Waals surface area contributed by atoms with E-state index in [1.807, 2.05) is 0 Å². The fourth-order valence-corrected chi connectivity index (χ4v) is 3.48. The van der Waals surface area contributed by atoms with Gasteiger partial charge >= 0.3 is 0 Å². The molecule has 4 unspecified atom stereocenters. The van der Waals surface area contributed by atoms with Crippen LogP contribution < -0.4 is 5.73 Å². The van der Waals surface area contributed by atoms with Gasteiger partial charge in [0.15, 0.2) is 0 Å². The molecule has 18 heavy (non-hydrogen) atoms. The lowest BCUT2D eigenvalue weighted by Gasteiger charge is -2.24. The molecule has 0 spiro atoms. The zero-order valence-corrected chi connectivity index (χ0v) is 11.0. The van der Waals surface area contributed by atoms with E-state index in [-0.39, 0.29) is 6.04 Å². The summed E-state index contributed by atoms with van der Waals surface area (Å²) >= 11 is 0. The molecule has 2 N–H and O–H groups in total. The number of nitrogens with two attached hydrogens (primary N) is 1. The van der Waals surface area contributed by atoms with Crippen LogP contribution in [0.5, 0.6) is 0 Å². The largest absolute Gasteiger partial charge is 0.464 e. The molecule has 1 aromatic heterocycles. The summed E-state index contributed by atoms with van der Waals surface area (Å²) in [6, 6.07) is 5.71. The number of likely N-dealkylation sites (tertiary alicyclic amines) is 1. The molecule has 1 aliphatic heterocycles. The Morgan fingerprint density at radius 2 is 1.94 bits per heavy atom. The Morgan fingerprint density at radius 1 is 1.22 bits per heavy atom. The second kappa shape index (κ2) is 3.84. The number of nitrogens with zero attached hydrogens (tertiary/aromatic N) is 1. The minimum Gasteiger partial charge on any atom is -0.464 e. The molecule has 1 aromatic rings. The van der Waals surface area contributed by atoms with Gasteiger partial charge in [-0.2, -0.15) is 0 Å². The maximum absolute atomic E-state index is 6.29. The van der Waals surface area contributed by atoms with E-state index in [4.69, 9.17) is 10.2 Å². The van der Waals surface area contributed by atoms with E-state index in [1.165, 1.54) is 25.0 Å². The molecule has 4 atom stereocenters. The lowest BCUT2D eigenvalue weighted by molar-refractivity contribution is 0.207. The number of rotatable bonds is 3. The van der Waals surface area contributed by atoms with Gasteiger partial charge in [0.25, 0.3) is 0 Å². The highest BCUT2D eigenvalue weighted by atomic mass is 16.3. The van der Waals surface area contributed by atoms with E-state index in [0.717, 1.165) is 30.7 Å². The fraction of sp³-hybridized carbons (Fsp3) is 0.733. The Bertz CT molecular complexity index is 451. The van der Waals surface area contributed by atoms with Crippen molar-refractivity contribution in [3.8, 4) is 0 Å². The summed E-state index contributed by atoms with van der Waals surface area (Å²) in [4.78, 5) is 2.57. The zero-order valence-electron chi connectivity index (χ0n) is 11.0. The van der Waals surface area contributed by atoms with Crippen molar-refractivity contribution in [3.05, 3.63) is 23.7 Å². The third-order valence-corrected chi connectivity index (χ3v) is 4.91. The number of hydrogen-bond acceptors (Lipinski definition) is 3. The summed E-state index contributed by atoms with van der Waals surface area (Å²) in [5, 5.41) is 0. The first-order valence-corrected chi connectivity index (χ1v) is 7.35. The molecule has 3 heteroatoms. The van der Waals surface area contributed by atoms with Crippen LogP contribution in [0, 0.1) is 5.92 Å². The molecule has 0 amide bonds. The van der Waals surface area contributed by atoms with Crippen LogP contribution in [0.3, 0.4) is 0 Å². The summed E-state index contributed by atoms with van der Waals surface area (Å²) in [6.07, 6.45) is 5.08. The van der Waals surface area contributed by atoms with Crippen LogP contribution in [0.4, 0.5) is 0 Å². The fourth-order valence-electron chi connectivity index (χ4n) is 3.48. The van der Waals surface area contributed by atoms with Gasteiger partial charge in [-0.05, 0) is 43.7 Å². The van der Waals surface area contributed by atoms with Crippen LogP contribution in [0.1, 0.15) is 56.1 Å². The van der Waals surface area contributed by atoms with Crippen LogP contribution in [0.25, 0.3) is 0 Å². The second-order valence-electron chi connectivity index (χ2n) is 6.43. The van der Waals surface area contributed by atoms with Crippen molar-refractivity contribution in [2.45, 2.75) is 56.7 Å². The first kappa shape index (κ1) is 11.1. The second-order valence-corrected chi connectivity index (χ2v) is 6.43. The molecule has 0 bridgehead atoms. The van der Waals surface area contributed by atoms with Crippen molar-refractivity contribution in [2.75, 3.05) is 6.54 Å². The van der Waals surface area contributed by atoms with Crippen LogP contribution in [0.2, 0.25) is 0 Å². The highest BCUT2D eigenvalue weighted by Gasteiger charge is 2.43. The maximum Gasteiger partial charge on any atom is 0.122 e. The van der Waals surface area contributed by atoms with Crippen molar-refractivity contribution >= 4 is 0 Å². The molecule has 3 fully saturated rings. The highest BCUT2D eigenvalue weighted by Crippen LogP contribution is 2.48. The normalized spacial score (nSPS) is 40.3. The van der Waals surface area contributed by atoms with Crippen LogP contribution in [-0.4, -0.2) is 23.5 Å². The Labute approximate surface area is 108 Å². The van der Waals surface area contributed by atoms with Crippen LogP contribution in [-0.2, 0) is 0 Å². The molecule has 3 aliphatic rings. The number of furan rings is 1. The average molecular weight is 246 g/mol. The van der Waals surface area contributed by atoms with E-state index >= 15 is 0 Å². The smallest absolute Gasteiger partial charge is 0.122 e. The monoisotopic (exact) mass is 246 g/mol. The number of hydrogen-bond donors (Lipinski definition) is 1. The minimum atomic E-state index is 0.251. The zero-order chi connectivity index (χ0) is 12.3. The van der Waals surface area contributed by atoms with E-state index < -0.39 is 0 Å². The Balaban J connectivity index is 1.58. The highest BCUT2D eigenvalue weighted by molar-refractivity contribution is 5.21. The molecule has 98 valence electrons.